The average Bonchev–Trinajstić information content (AvgIpc) is 3.23. The maximum absolute atomic E-state index is 12.7. The summed E-state index contributed by atoms with van der Waals surface area (Å²) in [5.74, 6) is -0.996. The maximum Gasteiger partial charge on any atom is 0.306 e. The van der Waals surface area contributed by atoms with Crippen molar-refractivity contribution in [1.29, 1.82) is 0 Å². The number of hydrogen-bond donors (Lipinski definition) is 0. The SMILES string of the molecule is CC/C=C\C/C=C\CCCCCCCC(=O)OCC(COC(=O)CCC/C=C\C/C=C\C/C=C\CCCCCCCC)OC(=O)CCCCCCC/C=C\C/C=C\CC. The second-order valence-corrected chi connectivity index (χ2v) is 15.6. The highest BCUT2D eigenvalue weighted by atomic mass is 16.6. The Morgan fingerprint density at radius 1 is 0.356 bits per heavy atom. The molecule has 0 radical (unpaired) electrons. The van der Waals surface area contributed by atoms with Crippen LogP contribution in [0.2, 0.25) is 0 Å². The van der Waals surface area contributed by atoms with Gasteiger partial charge in [-0.15, -0.1) is 0 Å². The van der Waals surface area contributed by atoms with E-state index in [0.29, 0.717) is 19.3 Å². The van der Waals surface area contributed by atoms with Gasteiger partial charge in [0, 0.05) is 19.3 Å². The molecule has 0 aliphatic carbocycles. The minimum absolute atomic E-state index is 0.107. The van der Waals surface area contributed by atoms with Crippen molar-refractivity contribution in [3.8, 4) is 0 Å². The second kappa shape index (κ2) is 47.3. The van der Waals surface area contributed by atoms with E-state index in [1.54, 1.807) is 0 Å². The number of rotatable bonds is 42. The molecular weight excluding hydrogens is 733 g/mol. The highest BCUT2D eigenvalue weighted by Gasteiger charge is 2.19. The molecule has 336 valence electrons. The van der Waals surface area contributed by atoms with Gasteiger partial charge in [0.05, 0.1) is 0 Å². The van der Waals surface area contributed by atoms with Gasteiger partial charge in [0.2, 0.25) is 0 Å². The van der Waals surface area contributed by atoms with Gasteiger partial charge >= 0.3 is 17.9 Å². The predicted octanol–water partition coefficient (Wildman–Crippen LogP) is 15.6. The number of ether oxygens (including phenoxy) is 3. The first-order valence-electron chi connectivity index (χ1n) is 24.1. The van der Waals surface area contributed by atoms with Gasteiger partial charge in [-0.05, 0) is 103 Å². The number of hydrogen-bond acceptors (Lipinski definition) is 6. The van der Waals surface area contributed by atoms with Crippen molar-refractivity contribution >= 4 is 17.9 Å². The van der Waals surface area contributed by atoms with Gasteiger partial charge in [-0.25, -0.2) is 0 Å². The van der Waals surface area contributed by atoms with Gasteiger partial charge in [0.15, 0.2) is 6.10 Å². The standard InChI is InChI=1S/C53H88O6/c1-4-7-10-13-16-19-22-25-26-27-28-29-32-34-37-40-43-46-52(55)58-49-50(59-53(56)47-44-41-38-35-31-24-21-18-15-12-9-6-3)48-57-51(54)45-42-39-36-33-30-23-20-17-14-11-8-5-2/h8-9,11-12,17-18,20-21,25-26,28-29,34,37,50H,4-7,10,13-16,19,22-24,27,30-33,35-36,38-49H2,1-3H3/b11-8-,12-9-,20-17-,21-18-,26-25-,29-28-,37-34-. The smallest absolute Gasteiger partial charge is 0.306 e. The van der Waals surface area contributed by atoms with E-state index in [9.17, 15) is 14.4 Å². The quantitative estimate of drug-likeness (QED) is 0.0264. The molecule has 0 bridgehead atoms. The van der Waals surface area contributed by atoms with Gasteiger partial charge in [-0.1, -0.05) is 176 Å². The van der Waals surface area contributed by atoms with E-state index in [1.165, 1.54) is 44.9 Å². The van der Waals surface area contributed by atoms with Gasteiger partial charge in [0.25, 0.3) is 0 Å². The average molecular weight is 821 g/mol. The van der Waals surface area contributed by atoms with Crippen molar-refractivity contribution in [1.82, 2.24) is 0 Å². The number of unbranched alkanes of at least 4 members (excludes halogenated alkanes) is 17. The van der Waals surface area contributed by atoms with Crippen molar-refractivity contribution < 1.29 is 28.6 Å². The Balaban J connectivity index is 4.48. The lowest BCUT2D eigenvalue weighted by Crippen LogP contribution is -2.30. The van der Waals surface area contributed by atoms with E-state index in [4.69, 9.17) is 14.2 Å². The Labute approximate surface area is 363 Å². The van der Waals surface area contributed by atoms with Crippen molar-refractivity contribution in [2.75, 3.05) is 13.2 Å². The summed E-state index contributed by atoms with van der Waals surface area (Å²) in [7, 11) is 0. The fourth-order valence-electron chi connectivity index (χ4n) is 6.30. The van der Waals surface area contributed by atoms with E-state index >= 15 is 0 Å². The van der Waals surface area contributed by atoms with Crippen LogP contribution in [0.25, 0.3) is 0 Å². The second-order valence-electron chi connectivity index (χ2n) is 15.6. The number of carbonyl (C=O) groups is 3. The summed E-state index contributed by atoms with van der Waals surface area (Å²) in [6, 6.07) is 0. The van der Waals surface area contributed by atoms with Crippen LogP contribution in [0.5, 0.6) is 0 Å². The highest BCUT2D eigenvalue weighted by molar-refractivity contribution is 5.71. The van der Waals surface area contributed by atoms with Gasteiger partial charge in [0.1, 0.15) is 13.2 Å². The number of carbonyl (C=O) groups excluding carboxylic acids is 3. The van der Waals surface area contributed by atoms with Crippen molar-refractivity contribution in [3.63, 3.8) is 0 Å². The van der Waals surface area contributed by atoms with Gasteiger partial charge in [-0.3, -0.25) is 14.4 Å². The molecule has 0 N–H and O–H groups in total. The fourth-order valence-corrected chi connectivity index (χ4v) is 6.30. The largest absolute Gasteiger partial charge is 0.462 e. The summed E-state index contributed by atoms with van der Waals surface area (Å²) >= 11 is 0. The molecule has 0 amide bonds. The minimum Gasteiger partial charge on any atom is -0.462 e. The Morgan fingerprint density at radius 3 is 1.10 bits per heavy atom. The molecule has 0 rings (SSSR count). The molecule has 0 aliphatic heterocycles. The molecular formula is C53H88O6. The molecule has 0 aromatic carbocycles. The molecule has 0 spiro atoms. The van der Waals surface area contributed by atoms with Crippen LogP contribution in [0.3, 0.4) is 0 Å². The zero-order valence-corrected chi connectivity index (χ0v) is 38.2. The van der Waals surface area contributed by atoms with Crippen LogP contribution in [0, 0.1) is 0 Å². The van der Waals surface area contributed by atoms with Crippen molar-refractivity contribution in [2.45, 2.75) is 219 Å². The van der Waals surface area contributed by atoms with E-state index in [2.05, 4.69) is 106 Å². The zero-order valence-electron chi connectivity index (χ0n) is 38.2. The summed E-state index contributed by atoms with van der Waals surface area (Å²) in [6.45, 7) is 6.32. The maximum atomic E-state index is 12.7. The van der Waals surface area contributed by atoms with Gasteiger partial charge < -0.3 is 14.2 Å². The van der Waals surface area contributed by atoms with Crippen LogP contribution in [-0.4, -0.2) is 37.2 Å². The summed E-state index contributed by atoms with van der Waals surface area (Å²) in [5, 5.41) is 0. The van der Waals surface area contributed by atoms with Crippen LogP contribution < -0.4 is 0 Å². The lowest BCUT2D eigenvalue weighted by Gasteiger charge is -2.18. The predicted molar refractivity (Wildman–Crippen MR) is 251 cm³/mol. The Kier molecular flexibility index (Phi) is 44.5. The first kappa shape index (κ1) is 55.6. The Hall–Kier alpha value is -3.41. The minimum atomic E-state index is -0.808. The molecule has 0 saturated carbocycles. The van der Waals surface area contributed by atoms with Crippen LogP contribution in [0.1, 0.15) is 213 Å². The van der Waals surface area contributed by atoms with E-state index in [-0.39, 0.29) is 37.5 Å². The molecule has 1 atom stereocenters. The van der Waals surface area contributed by atoms with Crippen LogP contribution in [-0.2, 0) is 28.6 Å². The molecule has 59 heavy (non-hydrogen) atoms. The topological polar surface area (TPSA) is 78.9 Å². The zero-order chi connectivity index (χ0) is 43.0. The Bertz CT molecular complexity index is 1170. The Morgan fingerprint density at radius 2 is 0.678 bits per heavy atom. The van der Waals surface area contributed by atoms with E-state index in [0.717, 1.165) is 122 Å². The molecule has 1 unspecified atom stereocenters. The monoisotopic (exact) mass is 821 g/mol. The number of esters is 3. The van der Waals surface area contributed by atoms with Gasteiger partial charge in [-0.2, -0.15) is 0 Å². The summed E-state index contributed by atoms with van der Waals surface area (Å²) < 4.78 is 16.7. The van der Waals surface area contributed by atoms with Crippen molar-refractivity contribution in [2.24, 2.45) is 0 Å². The van der Waals surface area contributed by atoms with E-state index < -0.39 is 6.10 Å². The fraction of sp³-hybridized carbons (Fsp3) is 0.679. The van der Waals surface area contributed by atoms with E-state index in [1.807, 2.05) is 0 Å². The number of allylic oxidation sites excluding steroid dienone is 14. The molecule has 0 aromatic rings. The van der Waals surface area contributed by atoms with Crippen molar-refractivity contribution in [3.05, 3.63) is 85.1 Å². The third-order valence-corrected chi connectivity index (χ3v) is 9.86. The third-order valence-electron chi connectivity index (χ3n) is 9.86. The lowest BCUT2D eigenvalue weighted by molar-refractivity contribution is -0.167. The van der Waals surface area contributed by atoms with Crippen LogP contribution in [0.15, 0.2) is 85.1 Å². The van der Waals surface area contributed by atoms with Crippen LogP contribution in [0.4, 0.5) is 0 Å². The molecule has 0 aromatic heterocycles. The highest BCUT2D eigenvalue weighted by Crippen LogP contribution is 2.12. The molecule has 0 saturated heterocycles. The first-order chi connectivity index (χ1) is 29.0. The third kappa shape index (κ3) is 45.5. The molecule has 6 nitrogen and oxygen atoms in total. The first-order valence-corrected chi connectivity index (χ1v) is 24.1. The molecule has 0 heterocycles. The lowest BCUT2D eigenvalue weighted by atomic mass is 10.1. The molecule has 0 aliphatic rings. The molecule has 6 heteroatoms. The summed E-state index contributed by atoms with van der Waals surface area (Å²) in [4.78, 5) is 37.8. The van der Waals surface area contributed by atoms with Crippen LogP contribution >= 0.6 is 0 Å². The molecule has 0 fully saturated rings. The normalized spacial score (nSPS) is 12.8. The summed E-state index contributed by atoms with van der Waals surface area (Å²) in [5.41, 5.74) is 0. The summed E-state index contributed by atoms with van der Waals surface area (Å²) in [6.07, 6.45) is 60.0.